The Kier molecular flexibility index (Phi) is 9.62. The number of aromatic nitrogens is 2. The van der Waals surface area contributed by atoms with E-state index in [1.165, 1.54) is 0 Å². The van der Waals surface area contributed by atoms with E-state index >= 15 is 0 Å². The fraction of sp³-hybridized carbons (Fsp3) is 0.684. The minimum absolute atomic E-state index is 0.0383. The van der Waals surface area contributed by atoms with Gasteiger partial charge in [0.15, 0.2) is 5.82 Å². The van der Waals surface area contributed by atoms with E-state index in [0.29, 0.717) is 37.1 Å². The third-order valence-corrected chi connectivity index (χ3v) is 4.29. The molecule has 0 radical (unpaired) electrons. The van der Waals surface area contributed by atoms with Crippen LogP contribution in [0.5, 0.6) is 0 Å². The molecule has 0 saturated heterocycles. The van der Waals surface area contributed by atoms with Crippen LogP contribution in [0.4, 0.5) is 22.2 Å². The highest BCUT2D eigenvalue weighted by Crippen LogP contribution is 2.28. The number of urea groups is 1. The van der Waals surface area contributed by atoms with Crippen molar-refractivity contribution in [2.45, 2.75) is 54.4 Å². The van der Waals surface area contributed by atoms with Gasteiger partial charge in [-0.2, -0.15) is 4.98 Å². The Bertz CT molecular complexity index is 581. The first-order chi connectivity index (χ1) is 12.6. The van der Waals surface area contributed by atoms with Crippen LogP contribution in [0.1, 0.15) is 54.4 Å². The summed E-state index contributed by atoms with van der Waals surface area (Å²) in [6.45, 7) is 15.7. The molecule has 0 fully saturated rings. The van der Waals surface area contributed by atoms with Crippen molar-refractivity contribution in [2.75, 3.05) is 42.5 Å². The Balaban J connectivity index is 3.34. The van der Waals surface area contributed by atoms with Crippen molar-refractivity contribution < 1.29 is 4.79 Å². The fourth-order valence-corrected chi connectivity index (χ4v) is 2.66. The number of aliphatic imine (C=N–C) groups is 1. The molecule has 1 rings (SSSR count). The summed E-state index contributed by atoms with van der Waals surface area (Å²) in [5, 5.41) is 0. The predicted molar refractivity (Wildman–Crippen MR) is 110 cm³/mol. The molecule has 0 N–H and O–H groups in total. The largest absolute Gasteiger partial charge is 0.341 e. The molecule has 7 heteroatoms. The Labute approximate surface area is 158 Å². The maximum atomic E-state index is 12.9. The van der Waals surface area contributed by atoms with Crippen LogP contribution in [0.3, 0.4) is 0 Å². The molecule has 2 amide bonds. The van der Waals surface area contributed by atoms with Crippen LogP contribution in [0, 0.1) is 0 Å². The van der Waals surface area contributed by atoms with Gasteiger partial charge in [0.25, 0.3) is 0 Å². The Hall–Kier alpha value is -2.18. The third kappa shape index (κ3) is 5.41. The first-order valence-corrected chi connectivity index (χ1v) is 9.78. The van der Waals surface area contributed by atoms with Crippen LogP contribution in [0.2, 0.25) is 0 Å². The standard InChI is InChI=1S/C19H34N6O/c1-7-13-14-20-17-16(15-21-18(22-17)23(8-2)9-3)25(12-6)19(26)24(10-4)11-5/h14-15H,7-13H2,1-6H3. The fourth-order valence-electron chi connectivity index (χ4n) is 2.66. The Morgan fingerprint density at radius 2 is 1.69 bits per heavy atom. The van der Waals surface area contributed by atoms with Gasteiger partial charge >= 0.3 is 6.03 Å². The minimum atomic E-state index is -0.0383. The van der Waals surface area contributed by atoms with Crippen molar-refractivity contribution in [2.24, 2.45) is 4.99 Å². The number of unbranched alkanes of at least 4 members (excludes halogenated alkanes) is 1. The molecule has 0 bridgehead atoms. The summed E-state index contributed by atoms with van der Waals surface area (Å²) in [5.41, 5.74) is 0.660. The number of carbonyl (C=O) groups is 1. The normalized spacial score (nSPS) is 11.0. The van der Waals surface area contributed by atoms with Crippen LogP contribution in [0.15, 0.2) is 11.2 Å². The first kappa shape index (κ1) is 21.9. The van der Waals surface area contributed by atoms with E-state index in [0.717, 1.165) is 25.9 Å². The van der Waals surface area contributed by atoms with Crippen molar-refractivity contribution in [1.82, 2.24) is 14.9 Å². The van der Waals surface area contributed by atoms with Gasteiger partial charge in [-0.1, -0.05) is 13.3 Å². The molecule has 1 heterocycles. The van der Waals surface area contributed by atoms with E-state index in [-0.39, 0.29) is 6.03 Å². The van der Waals surface area contributed by atoms with Crippen LogP contribution in [-0.4, -0.2) is 59.8 Å². The number of carbonyl (C=O) groups excluding carboxylic acids is 1. The van der Waals surface area contributed by atoms with E-state index < -0.39 is 0 Å². The first-order valence-electron chi connectivity index (χ1n) is 9.78. The van der Waals surface area contributed by atoms with Crippen LogP contribution < -0.4 is 9.80 Å². The molecule has 0 saturated carbocycles. The van der Waals surface area contributed by atoms with Crippen molar-refractivity contribution in [3.05, 3.63) is 6.20 Å². The topological polar surface area (TPSA) is 64.9 Å². The van der Waals surface area contributed by atoms with E-state index in [1.807, 2.05) is 27.0 Å². The van der Waals surface area contributed by atoms with Gasteiger partial charge in [-0.25, -0.2) is 14.8 Å². The Morgan fingerprint density at radius 1 is 1.04 bits per heavy atom. The van der Waals surface area contributed by atoms with Gasteiger partial charge in [0.1, 0.15) is 5.69 Å². The molecule has 0 unspecified atom stereocenters. The summed E-state index contributed by atoms with van der Waals surface area (Å²) in [4.78, 5) is 32.2. The van der Waals surface area contributed by atoms with Crippen molar-refractivity contribution in [3.63, 3.8) is 0 Å². The van der Waals surface area contributed by atoms with E-state index in [2.05, 4.69) is 40.6 Å². The number of hydrogen-bond donors (Lipinski definition) is 0. The second-order valence-electron chi connectivity index (χ2n) is 5.85. The molecule has 146 valence electrons. The third-order valence-electron chi connectivity index (χ3n) is 4.29. The van der Waals surface area contributed by atoms with Crippen molar-refractivity contribution >= 4 is 29.7 Å². The molecule has 0 spiro atoms. The molecular formula is C19H34N6O. The molecule has 0 atom stereocenters. The molecule has 0 aromatic carbocycles. The predicted octanol–water partition coefficient (Wildman–Crippen LogP) is 4.11. The summed E-state index contributed by atoms with van der Waals surface area (Å²) in [7, 11) is 0. The van der Waals surface area contributed by atoms with Gasteiger partial charge in [-0.05, 0) is 41.0 Å². The maximum absolute atomic E-state index is 12.9. The van der Waals surface area contributed by atoms with Gasteiger partial charge < -0.3 is 9.80 Å². The Morgan fingerprint density at radius 3 is 2.19 bits per heavy atom. The lowest BCUT2D eigenvalue weighted by atomic mass is 10.3. The molecular weight excluding hydrogens is 328 g/mol. The molecule has 0 aliphatic heterocycles. The highest BCUT2D eigenvalue weighted by atomic mass is 16.2. The molecule has 0 aliphatic carbocycles. The zero-order valence-corrected chi connectivity index (χ0v) is 17.2. The molecule has 7 nitrogen and oxygen atoms in total. The van der Waals surface area contributed by atoms with Gasteiger partial charge in [0.2, 0.25) is 5.95 Å². The van der Waals surface area contributed by atoms with Crippen molar-refractivity contribution in [1.29, 1.82) is 0 Å². The maximum Gasteiger partial charge on any atom is 0.324 e. The van der Waals surface area contributed by atoms with Crippen LogP contribution in [-0.2, 0) is 0 Å². The average molecular weight is 363 g/mol. The lowest BCUT2D eigenvalue weighted by Gasteiger charge is -2.29. The lowest BCUT2D eigenvalue weighted by molar-refractivity contribution is 0.210. The number of hydrogen-bond acceptors (Lipinski definition) is 5. The number of nitrogens with zero attached hydrogens (tertiary/aromatic N) is 6. The van der Waals surface area contributed by atoms with E-state index in [1.54, 1.807) is 16.0 Å². The quantitative estimate of drug-likeness (QED) is 0.588. The number of anilines is 2. The molecule has 0 aliphatic rings. The zero-order chi connectivity index (χ0) is 19.5. The summed E-state index contributed by atoms with van der Waals surface area (Å²) >= 11 is 0. The van der Waals surface area contributed by atoms with Gasteiger partial charge in [-0.15, -0.1) is 0 Å². The number of rotatable bonds is 10. The lowest BCUT2D eigenvalue weighted by Crippen LogP contribution is -2.43. The SMILES string of the molecule is CCCC=Nc1nc(N(CC)CC)ncc1N(CC)C(=O)N(CC)CC. The van der Waals surface area contributed by atoms with Gasteiger partial charge in [0, 0.05) is 38.9 Å². The highest BCUT2D eigenvalue weighted by molar-refractivity contribution is 5.94. The summed E-state index contributed by atoms with van der Waals surface area (Å²) < 4.78 is 0. The molecule has 26 heavy (non-hydrogen) atoms. The molecule has 1 aromatic rings. The smallest absolute Gasteiger partial charge is 0.324 e. The second kappa shape index (κ2) is 11.4. The van der Waals surface area contributed by atoms with Crippen LogP contribution >= 0.6 is 0 Å². The summed E-state index contributed by atoms with van der Waals surface area (Å²) in [6.07, 6.45) is 5.49. The molecule has 1 aromatic heterocycles. The monoisotopic (exact) mass is 362 g/mol. The summed E-state index contributed by atoms with van der Waals surface area (Å²) in [6, 6.07) is -0.0383. The van der Waals surface area contributed by atoms with E-state index in [4.69, 9.17) is 0 Å². The minimum Gasteiger partial charge on any atom is -0.341 e. The van der Waals surface area contributed by atoms with Crippen LogP contribution in [0.25, 0.3) is 0 Å². The second-order valence-corrected chi connectivity index (χ2v) is 5.85. The summed E-state index contributed by atoms with van der Waals surface area (Å²) in [5.74, 6) is 1.20. The van der Waals surface area contributed by atoms with Gasteiger partial charge in [0.05, 0.1) is 6.20 Å². The number of amides is 2. The zero-order valence-electron chi connectivity index (χ0n) is 17.2. The van der Waals surface area contributed by atoms with Crippen molar-refractivity contribution in [3.8, 4) is 0 Å². The average Bonchev–Trinajstić information content (AvgIpc) is 2.66. The highest BCUT2D eigenvalue weighted by Gasteiger charge is 2.23. The van der Waals surface area contributed by atoms with Gasteiger partial charge in [-0.3, -0.25) is 4.90 Å². The van der Waals surface area contributed by atoms with E-state index in [9.17, 15) is 4.79 Å².